The molecule has 0 aliphatic carbocycles. The Hall–Kier alpha value is -3.13. The molecule has 1 fully saturated rings. The Morgan fingerprint density at radius 1 is 1.16 bits per heavy atom. The average molecular weight is 453 g/mol. The summed E-state index contributed by atoms with van der Waals surface area (Å²) in [6.07, 6.45) is 5.08. The molecule has 0 radical (unpaired) electrons. The normalized spacial score (nSPS) is 24.4. The number of hydrogen-bond acceptors (Lipinski definition) is 9. The predicted molar refractivity (Wildman–Crippen MR) is 109 cm³/mol. The van der Waals surface area contributed by atoms with Crippen molar-refractivity contribution in [3.63, 3.8) is 0 Å². The number of H-pyrrole nitrogens is 1. The maximum absolute atomic E-state index is 13.1. The number of aryl methyl sites for hydroxylation is 1. The Bertz CT molecular complexity index is 1160. The molecule has 1 saturated heterocycles. The van der Waals surface area contributed by atoms with Gasteiger partial charge in [-0.05, 0) is 25.8 Å². The van der Waals surface area contributed by atoms with E-state index in [2.05, 4.69) is 9.97 Å². The van der Waals surface area contributed by atoms with Crippen molar-refractivity contribution in [1.29, 1.82) is 0 Å². The second kappa shape index (κ2) is 9.99. The summed E-state index contributed by atoms with van der Waals surface area (Å²) in [6, 6.07) is 0. The molecule has 32 heavy (non-hydrogen) atoms. The predicted octanol–water partition coefficient (Wildman–Crippen LogP) is -1.07. The molecule has 2 aromatic heterocycles. The first-order valence-electron chi connectivity index (χ1n) is 9.80. The minimum Gasteiger partial charge on any atom is -0.394 e. The van der Waals surface area contributed by atoms with Crippen LogP contribution in [-0.2, 0) is 9.47 Å². The zero-order valence-electron chi connectivity index (χ0n) is 17.2. The van der Waals surface area contributed by atoms with Crippen molar-refractivity contribution >= 4 is 5.82 Å². The maximum atomic E-state index is 13.1. The Morgan fingerprint density at radius 3 is 2.53 bits per heavy atom. The van der Waals surface area contributed by atoms with Gasteiger partial charge in [-0.15, -0.1) is 0 Å². The lowest BCUT2D eigenvalue weighted by molar-refractivity contribution is -0.0249. The lowest BCUT2D eigenvalue weighted by Crippen LogP contribution is -2.33. The van der Waals surface area contributed by atoms with Crippen molar-refractivity contribution in [2.45, 2.75) is 44.4 Å². The number of anilines is 1. The van der Waals surface area contributed by atoms with E-state index in [4.69, 9.17) is 25.4 Å². The van der Waals surface area contributed by atoms with Gasteiger partial charge < -0.3 is 25.4 Å². The molecule has 4 rings (SSSR count). The highest BCUT2D eigenvalue weighted by Crippen LogP contribution is 2.26. The van der Waals surface area contributed by atoms with Crippen LogP contribution in [0.25, 0.3) is 0 Å². The van der Waals surface area contributed by atoms with Crippen molar-refractivity contribution in [3.8, 4) is 0 Å². The van der Waals surface area contributed by atoms with E-state index in [1.165, 1.54) is 10.8 Å². The Labute approximate surface area is 180 Å². The molecule has 2 aliphatic heterocycles. The summed E-state index contributed by atoms with van der Waals surface area (Å²) in [5.41, 5.74) is 4.02. The van der Waals surface area contributed by atoms with E-state index in [9.17, 15) is 18.8 Å². The van der Waals surface area contributed by atoms with Gasteiger partial charge in [-0.3, -0.25) is 18.9 Å². The van der Waals surface area contributed by atoms with Gasteiger partial charge in [0.25, 0.3) is 5.56 Å². The molecule has 0 aromatic carbocycles. The highest BCUT2D eigenvalue weighted by atomic mass is 19.1. The summed E-state index contributed by atoms with van der Waals surface area (Å²) in [7, 11) is 0. The number of aromatic nitrogens is 4. The summed E-state index contributed by atoms with van der Waals surface area (Å²) in [5.74, 6) is -1.17. The molecule has 2 aliphatic rings. The third-order valence-corrected chi connectivity index (χ3v) is 4.94. The van der Waals surface area contributed by atoms with Gasteiger partial charge in [-0.2, -0.15) is 4.98 Å². The summed E-state index contributed by atoms with van der Waals surface area (Å²) in [4.78, 5) is 39.6. The number of ether oxygens (including phenoxy) is 2. The summed E-state index contributed by atoms with van der Waals surface area (Å²) in [5, 5.41) is 17.8. The van der Waals surface area contributed by atoms with E-state index in [0.29, 0.717) is 18.4 Å². The van der Waals surface area contributed by atoms with Gasteiger partial charge in [0.2, 0.25) is 0 Å². The molecule has 5 N–H and O–H groups in total. The van der Waals surface area contributed by atoms with Crippen molar-refractivity contribution in [2.75, 3.05) is 18.9 Å². The lowest BCUT2D eigenvalue weighted by Gasteiger charge is -2.14. The fourth-order valence-electron chi connectivity index (χ4n) is 3.22. The summed E-state index contributed by atoms with van der Waals surface area (Å²) < 4.78 is 26.2. The molecule has 0 amide bonds. The number of halogens is 1. The number of hydrogen-bond donors (Lipinski definition) is 4. The number of nitrogens with one attached hydrogen (secondary N) is 1. The van der Waals surface area contributed by atoms with Crippen molar-refractivity contribution < 1.29 is 24.1 Å². The van der Waals surface area contributed by atoms with Crippen LogP contribution in [0.3, 0.4) is 0 Å². The Morgan fingerprint density at radius 2 is 1.91 bits per heavy atom. The highest BCUT2D eigenvalue weighted by molar-refractivity contribution is 5.26. The quantitative estimate of drug-likeness (QED) is 0.420. The molecular weight excluding hydrogens is 429 g/mol. The van der Waals surface area contributed by atoms with E-state index in [-0.39, 0.29) is 19.3 Å². The van der Waals surface area contributed by atoms with Crippen molar-refractivity contribution in [1.82, 2.24) is 19.1 Å². The van der Waals surface area contributed by atoms with Crippen LogP contribution in [0.2, 0.25) is 0 Å². The van der Waals surface area contributed by atoms with Crippen LogP contribution in [-0.4, -0.2) is 54.7 Å². The molecule has 4 heterocycles. The molecule has 0 unspecified atom stereocenters. The standard InChI is InChI=1S/C10H12N2O4.C9H12FN3O3/c1-6-4-12(10(15)11-9(6)14)8-3-2-7(5-13)16-8;10-6-3-13(9(15)12-8(6)11)7-2-1-5(4-14)16-7/h2-4,7-8,13H,5H2,1H3,(H,11,14,15);3,5,7,14H,1-2,4H2,(H2,11,12,15)/t7-,8+;5-,7+/m01/s1. The number of aliphatic hydroxyl groups is 2. The number of nitrogens with zero attached hydrogens (tertiary/aromatic N) is 3. The van der Waals surface area contributed by atoms with E-state index in [1.54, 1.807) is 19.1 Å². The smallest absolute Gasteiger partial charge is 0.351 e. The minimum atomic E-state index is -0.754. The van der Waals surface area contributed by atoms with E-state index >= 15 is 0 Å². The summed E-state index contributed by atoms with van der Waals surface area (Å²) >= 11 is 0. The first-order chi connectivity index (χ1) is 15.2. The fourth-order valence-corrected chi connectivity index (χ4v) is 3.22. The van der Waals surface area contributed by atoms with Crippen LogP contribution in [0.15, 0.2) is 38.9 Å². The van der Waals surface area contributed by atoms with Crippen LogP contribution in [0.4, 0.5) is 10.2 Å². The van der Waals surface area contributed by atoms with Crippen molar-refractivity contribution in [3.05, 3.63) is 67.2 Å². The van der Waals surface area contributed by atoms with E-state index in [0.717, 1.165) is 10.8 Å². The first kappa shape index (κ1) is 23.5. The first-order valence-corrected chi connectivity index (χ1v) is 9.80. The lowest BCUT2D eigenvalue weighted by atomic mass is 10.2. The van der Waals surface area contributed by atoms with Gasteiger partial charge in [-0.25, -0.2) is 14.0 Å². The van der Waals surface area contributed by atoms with Gasteiger partial charge in [0.15, 0.2) is 17.9 Å². The third kappa shape index (κ3) is 5.19. The van der Waals surface area contributed by atoms with Crippen LogP contribution < -0.4 is 22.7 Å². The van der Waals surface area contributed by atoms with Gasteiger partial charge in [0, 0.05) is 11.8 Å². The van der Waals surface area contributed by atoms with Crippen LogP contribution in [0, 0.1) is 12.7 Å². The molecule has 0 spiro atoms. The fraction of sp³-hybridized carbons (Fsp3) is 0.474. The third-order valence-electron chi connectivity index (χ3n) is 4.94. The Balaban J connectivity index is 0.000000181. The topological polar surface area (TPSA) is 175 Å². The number of nitrogens with two attached hydrogens (primary N) is 1. The molecule has 13 heteroatoms. The zero-order chi connectivity index (χ0) is 23.4. The zero-order valence-corrected chi connectivity index (χ0v) is 17.2. The minimum absolute atomic E-state index is 0.115. The second-order valence-electron chi connectivity index (χ2n) is 7.25. The van der Waals surface area contributed by atoms with Gasteiger partial charge >= 0.3 is 11.4 Å². The van der Waals surface area contributed by atoms with Gasteiger partial charge in [0.1, 0.15) is 12.3 Å². The van der Waals surface area contributed by atoms with Crippen LogP contribution >= 0.6 is 0 Å². The monoisotopic (exact) mass is 453 g/mol. The van der Waals surface area contributed by atoms with Gasteiger partial charge in [0.05, 0.1) is 25.5 Å². The molecular formula is C19H24FN5O7. The molecule has 0 saturated carbocycles. The number of rotatable bonds is 4. The molecule has 0 bridgehead atoms. The maximum Gasteiger partial charge on any atom is 0.351 e. The highest BCUT2D eigenvalue weighted by Gasteiger charge is 2.27. The molecule has 2 aromatic rings. The van der Waals surface area contributed by atoms with E-state index < -0.39 is 47.1 Å². The molecule has 4 atom stereocenters. The number of aromatic amines is 1. The van der Waals surface area contributed by atoms with Crippen LogP contribution in [0.1, 0.15) is 30.9 Å². The number of aliphatic hydroxyl groups excluding tert-OH is 2. The number of nitrogen functional groups attached to an aromatic ring is 1. The summed E-state index contributed by atoms with van der Waals surface area (Å²) in [6.45, 7) is 1.36. The SMILES string of the molecule is Cc1cn([C@H]2C=C[C@@H](CO)O2)c(=O)[nH]c1=O.Nc1nc(=O)n([C@@H]2CC[C@H](CO)O2)cc1F. The largest absolute Gasteiger partial charge is 0.394 e. The molecule has 12 nitrogen and oxygen atoms in total. The van der Waals surface area contributed by atoms with Crippen LogP contribution in [0.5, 0.6) is 0 Å². The van der Waals surface area contributed by atoms with Crippen molar-refractivity contribution in [2.24, 2.45) is 0 Å². The van der Waals surface area contributed by atoms with Gasteiger partial charge in [-0.1, -0.05) is 6.08 Å². The molecule has 174 valence electrons. The Kier molecular flexibility index (Phi) is 7.35. The average Bonchev–Trinajstić information content (AvgIpc) is 3.43. The van der Waals surface area contributed by atoms with E-state index in [1.807, 2.05) is 0 Å². The second-order valence-corrected chi connectivity index (χ2v) is 7.25.